The van der Waals surface area contributed by atoms with E-state index in [4.69, 9.17) is 0 Å². The molecule has 0 bridgehead atoms. The normalized spacial score (nSPS) is 18.1. The van der Waals surface area contributed by atoms with Crippen molar-refractivity contribution < 1.29 is 9.59 Å². The number of amides is 2. The molecule has 1 heterocycles. The first-order valence-corrected chi connectivity index (χ1v) is 8.28. The van der Waals surface area contributed by atoms with Gasteiger partial charge in [0.05, 0.1) is 5.92 Å². The van der Waals surface area contributed by atoms with E-state index in [1.165, 1.54) is 5.56 Å². The molecule has 1 fully saturated rings. The molecule has 1 aromatic carbocycles. The fourth-order valence-electron chi connectivity index (χ4n) is 3.10. The Hall–Kier alpha value is -1.84. The van der Waals surface area contributed by atoms with Crippen LogP contribution in [-0.4, -0.2) is 29.3 Å². The van der Waals surface area contributed by atoms with Crippen LogP contribution in [0.25, 0.3) is 0 Å². The van der Waals surface area contributed by atoms with Crippen molar-refractivity contribution in [2.75, 3.05) is 11.9 Å². The summed E-state index contributed by atoms with van der Waals surface area (Å²) in [4.78, 5) is 26.4. The van der Waals surface area contributed by atoms with Crippen molar-refractivity contribution in [2.24, 2.45) is 5.92 Å². The molecule has 2 amide bonds. The van der Waals surface area contributed by atoms with Gasteiger partial charge in [-0.2, -0.15) is 0 Å². The second-order valence-corrected chi connectivity index (χ2v) is 5.96. The third-order valence-electron chi connectivity index (χ3n) is 4.52. The van der Waals surface area contributed by atoms with Crippen LogP contribution in [0.1, 0.15) is 45.6 Å². The Morgan fingerprint density at radius 1 is 1.32 bits per heavy atom. The van der Waals surface area contributed by atoms with Gasteiger partial charge in [-0.15, -0.1) is 0 Å². The summed E-state index contributed by atoms with van der Waals surface area (Å²) in [6.07, 6.45) is 3.15. The summed E-state index contributed by atoms with van der Waals surface area (Å²) >= 11 is 0. The molecule has 0 saturated carbocycles. The lowest BCUT2D eigenvalue weighted by Crippen LogP contribution is -2.36. The maximum Gasteiger partial charge on any atom is 0.229 e. The highest BCUT2D eigenvalue weighted by atomic mass is 16.2. The Balaban J connectivity index is 2.00. The Labute approximate surface area is 132 Å². The molecule has 1 atom stereocenters. The third-order valence-corrected chi connectivity index (χ3v) is 4.52. The van der Waals surface area contributed by atoms with E-state index < -0.39 is 0 Å². The van der Waals surface area contributed by atoms with Gasteiger partial charge in [0.1, 0.15) is 0 Å². The maximum absolute atomic E-state index is 12.4. The molecular weight excluding hydrogens is 276 g/mol. The van der Waals surface area contributed by atoms with Crippen molar-refractivity contribution in [3.8, 4) is 0 Å². The summed E-state index contributed by atoms with van der Waals surface area (Å²) in [6.45, 7) is 6.81. The molecule has 0 radical (unpaired) electrons. The molecule has 0 spiro atoms. The van der Waals surface area contributed by atoms with E-state index >= 15 is 0 Å². The lowest BCUT2D eigenvalue weighted by Gasteiger charge is -2.26. The number of likely N-dealkylation sites (tertiary alicyclic amines) is 1. The number of aryl methyl sites for hydroxylation is 1. The zero-order valence-corrected chi connectivity index (χ0v) is 13.8. The van der Waals surface area contributed by atoms with Gasteiger partial charge in [-0.1, -0.05) is 32.9 Å². The SMILES string of the molecule is CCc1cccc(NC(=O)C2CC(=O)N(C(CC)CC)C2)c1. The molecule has 1 unspecified atom stereocenters. The predicted molar refractivity (Wildman–Crippen MR) is 88.6 cm³/mol. The van der Waals surface area contributed by atoms with Crippen molar-refractivity contribution in [2.45, 2.75) is 52.5 Å². The van der Waals surface area contributed by atoms with Crippen molar-refractivity contribution in [1.82, 2.24) is 4.90 Å². The molecule has 22 heavy (non-hydrogen) atoms. The average molecular weight is 302 g/mol. The predicted octanol–water partition coefficient (Wildman–Crippen LogP) is 3.22. The fourth-order valence-corrected chi connectivity index (χ4v) is 3.10. The van der Waals surface area contributed by atoms with Gasteiger partial charge in [0, 0.05) is 24.7 Å². The van der Waals surface area contributed by atoms with Crippen LogP contribution in [0.2, 0.25) is 0 Å². The number of carbonyl (C=O) groups excluding carboxylic acids is 2. The van der Waals surface area contributed by atoms with E-state index in [1.807, 2.05) is 29.2 Å². The van der Waals surface area contributed by atoms with Gasteiger partial charge in [-0.3, -0.25) is 9.59 Å². The molecule has 1 aliphatic heterocycles. The van der Waals surface area contributed by atoms with Gasteiger partial charge in [0.2, 0.25) is 11.8 Å². The van der Waals surface area contributed by atoms with Crippen LogP contribution in [0.5, 0.6) is 0 Å². The summed E-state index contributed by atoms with van der Waals surface area (Å²) in [5.41, 5.74) is 2.01. The Bertz CT molecular complexity index is 538. The number of nitrogens with one attached hydrogen (secondary N) is 1. The Kier molecular flexibility index (Phi) is 5.58. The molecule has 120 valence electrons. The quantitative estimate of drug-likeness (QED) is 0.877. The average Bonchev–Trinajstić information content (AvgIpc) is 2.91. The maximum atomic E-state index is 12.4. The highest BCUT2D eigenvalue weighted by Gasteiger charge is 2.36. The van der Waals surface area contributed by atoms with Gasteiger partial charge >= 0.3 is 0 Å². The van der Waals surface area contributed by atoms with Gasteiger partial charge in [-0.05, 0) is 37.0 Å². The smallest absolute Gasteiger partial charge is 0.229 e. The number of hydrogen-bond acceptors (Lipinski definition) is 2. The van der Waals surface area contributed by atoms with Crippen LogP contribution < -0.4 is 5.32 Å². The van der Waals surface area contributed by atoms with Crippen molar-refractivity contribution in [3.05, 3.63) is 29.8 Å². The standard InChI is InChI=1S/C18H26N2O2/c1-4-13-8-7-9-15(10-13)19-18(22)14-11-17(21)20(12-14)16(5-2)6-3/h7-10,14,16H,4-6,11-12H2,1-3H3,(H,19,22). The van der Waals surface area contributed by atoms with E-state index in [9.17, 15) is 9.59 Å². The van der Waals surface area contributed by atoms with E-state index in [-0.39, 0.29) is 23.8 Å². The number of nitrogens with zero attached hydrogens (tertiary/aromatic N) is 1. The van der Waals surface area contributed by atoms with Gasteiger partial charge in [0.15, 0.2) is 0 Å². The molecule has 1 N–H and O–H groups in total. The van der Waals surface area contributed by atoms with Crippen molar-refractivity contribution in [3.63, 3.8) is 0 Å². The zero-order valence-electron chi connectivity index (χ0n) is 13.8. The Morgan fingerprint density at radius 3 is 2.68 bits per heavy atom. The first-order chi connectivity index (χ1) is 10.6. The van der Waals surface area contributed by atoms with E-state index in [1.54, 1.807) is 0 Å². The van der Waals surface area contributed by atoms with E-state index in [0.29, 0.717) is 13.0 Å². The molecule has 4 nitrogen and oxygen atoms in total. The minimum atomic E-state index is -0.238. The number of carbonyl (C=O) groups is 2. The summed E-state index contributed by atoms with van der Waals surface area (Å²) in [5.74, 6) is -0.176. The van der Waals surface area contributed by atoms with Crippen LogP contribution in [0.4, 0.5) is 5.69 Å². The Morgan fingerprint density at radius 2 is 2.05 bits per heavy atom. The molecule has 0 aliphatic carbocycles. The fraction of sp³-hybridized carbons (Fsp3) is 0.556. The molecule has 1 saturated heterocycles. The second-order valence-electron chi connectivity index (χ2n) is 5.96. The number of hydrogen-bond donors (Lipinski definition) is 1. The molecule has 2 rings (SSSR count). The number of rotatable bonds is 6. The summed E-state index contributed by atoms with van der Waals surface area (Å²) in [6, 6.07) is 8.14. The molecule has 0 aromatic heterocycles. The van der Waals surface area contributed by atoms with Gasteiger partial charge in [0.25, 0.3) is 0 Å². The molecular formula is C18H26N2O2. The summed E-state index contributed by atoms with van der Waals surface area (Å²) in [5, 5.41) is 2.96. The third kappa shape index (κ3) is 3.67. The minimum Gasteiger partial charge on any atom is -0.339 e. The van der Waals surface area contributed by atoms with Gasteiger partial charge < -0.3 is 10.2 Å². The monoisotopic (exact) mass is 302 g/mol. The zero-order chi connectivity index (χ0) is 16.1. The van der Waals surface area contributed by atoms with E-state index in [0.717, 1.165) is 24.9 Å². The van der Waals surface area contributed by atoms with Crippen LogP contribution in [0, 0.1) is 5.92 Å². The first-order valence-electron chi connectivity index (χ1n) is 8.28. The number of anilines is 1. The van der Waals surface area contributed by atoms with Crippen LogP contribution in [0.3, 0.4) is 0 Å². The largest absolute Gasteiger partial charge is 0.339 e. The van der Waals surface area contributed by atoms with Crippen molar-refractivity contribution >= 4 is 17.5 Å². The van der Waals surface area contributed by atoms with E-state index in [2.05, 4.69) is 26.1 Å². The topological polar surface area (TPSA) is 49.4 Å². The van der Waals surface area contributed by atoms with Crippen molar-refractivity contribution in [1.29, 1.82) is 0 Å². The van der Waals surface area contributed by atoms with Crippen LogP contribution in [-0.2, 0) is 16.0 Å². The van der Waals surface area contributed by atoms with Crippen LogP contribution >= 0.6 is 0 Å². The number of benzene rings is 1. The molecule has 4 heteroatoms. The molecule has 1 aliphatic rings. The highest BCUT2D eigenvalue weighted by molar-refractivity contribution is 5.97. The summed E-state index contributed by atoms with van der Waals surface area (Å²) in [7, 11) is 0. The highest BCUT2D eigenvalue weighted by Crippen LogP contribution is 2.24. The van der Waals surface area contributed by atoms with Crippen LogP contribution in [0.15, 0.2) is 24.3 Å². The van der Waals surface area contributed by atoms with Gasteiger partial charge in [-0.25, -0.2) is 0 Å². The minimum absolute atomic E-state index is 0.0462. The summed E-state index contributed by atoms with van der Waals surface area (Å²) < 4.78 is 0. The second kappa shape index (κ2) is 7.43. The first kappa shape index (κ1) is 16.5. The lowest BCUT2D eigenvalue weighted by atomic mass is 10.1. The molecule has 1 aromatic rings. The lowest BCUT2D eigenvalue weighted by molar-refractivity contribution is -0.130.